The Morgan fingerprint density at radius 1 is 0.492 bits per heavy atom. The van der Waals surface area contributed by atoms with Gasteiger partial charge in [-0.3, -0.25) is 9.59 Å². The maximum Gasteiger partial charge on any atom is 0.306 e. The van der Waals surface area contributed by atoms with Crippen LogP contribution in [0, 0.1) is 0 Å². The van der Waals surface area contributed by atoms with Gasteiger partial charge in [-0.15, -0.1) is 0 Å². The molecule has 6 heteroatoms. The highest BCUT2D eigenvalue weighted by molar-refractivity contribution is 5.77. The van der Waals surface area contributed by atoms with Crippen molar-refractivity contribution in [3.8, 4) is 0 Å². The largest absolute Gasteiger partial charge is 0.462 e. The summed E-state index contributed by atoms with van der Waals surface area (Å²) in [5, 5.41) is 23.8. The van der Waals surface area contributed by atoms with Gasteiger partial charge in [0, 0.05) is 6.42 Å². The zero-order valence-electron chi connectivity index (χ0n) is 39.4. The first kappa shape index (κ1) is 57.1. The third-order valence-corrected chi connectivity index (χ3v) is 11.7. The predicted octanol–water partition coefficient (Wildman–Crippen LogP) is 15.3. The lowest BCUT2D eigenvalue weighted by Crippen LogP contribution is -2.46. The minimum Gasteiger partial charge on any atom is -0.462 e. The van der Waals surface area contributed by atoms with E-state index in [2.05, 4.69) is 62.5 Å². The number of aliphatic hydroxyl groups is 2. The molecule has 0 saturated heterocycles. The summed E-state index contributed by atoms with van der Waals surface area (Å²) in [7, 11) is 0. The van der Waals surface area contributed by atoms with Gasteiger partial charge in [0.15, 0.2) is 0 Å². The zero-order chi connectivity index (χ0) is 43.1. The lowest BCUT2D eigenvalue weighted by Gasteiger charge is -2.24. The predicted molar refractivity (Wildman–Crippen MR) is 255 cm³/mol. The van der Waals surface area contributed by atoms with Crippen LogP contribution in [-0.4, -0.2) is 46.9 Å². The van der Waals surface area contributed by atoms with Crippen molar-refractivity contribution in [2.75, 3.05) is 6.61 Å². The van der Waals surface area contributed by atoms with Gasteiger partial charge in [-0.2, -0.15) is 0 Å². The molecule has 0 aromatic rings. The van der Waals surface area contributed by atoms with E-state index >= 15 is 0 Å². The molecule has 0 aromatic heterocycles. The Kier molecular flexibility index (Phi) is 45.6. The maximum atomic E-state index is 13.2. The van der Waals surface area contributed by atoms with E-state index in [0.717, 1.165) is 77.0 Å². The van der Waals surface area contributed by atoms with Crippen molar-refractivity contribution in [2.45, 2.75) is 283 Å². The van der Waals surface area contributed by atoms with E-state index in [4.69, 9.17) is 4.74 Å². The van der Waals surface area contributed by atoms with E-state index in [9.17, 15) is 19.8 Å². The van der Waals surface area contributed by atoms with E-state index in [-0.39, 0.29) is 24.9 Å². The fraction of sp³-hybridized carbons (Fsp3) is 0.849. The number of rotatable bonds is 46. The normalized spacial score (nSPS) is 13.5. The second-order valence-corrected chi connectivity index (χ2v) is 17.6. The Morgan fingerprint density at radius 3 is 1.34 bits per heavy atom. The monoisotopic (exact) mass is 830 g/mol. The highest BCUT2D eigenvalue weighted by Crippen LogP contribution is 2.18. The minimum absolute atomic E-state index is 0.0670. The van der Waals surface area contributed by atoms with Gasteiger partial charge >= 0.3 is 5.97 Å². The number of unbranched alkanes of at least 4 members (excludes halogenated alkanes) is 28. The third-order valence-electron chi connectivity index (χ3n) is 11.7. The molecule has 0 radical (unpaired) electrons. The van der Waals surface area contributed by atoms with Crippen LogP contribution in [0.2, 0.25) is 0 Å². The fourth-order valence-corrected chi connectivity index (χ4v) is 7.75. The van der Waals surface area contributed by atoms with Crippen LogP contribution >= 0.6 is 0 Å². The lowest BCUT2D eigenvalue weighted by molar-refractivity contribution is -0.151. The van der Waals surface area contributed by atoms with Crippen molar-refractivity contribution >= 4 is 11.9 Å². The van der Waals surface area contributed by atoms with Crippen molar-refractivity contribution < 1.29 is 24.5 Å². The molecule has 346 valence electrons. The first-order valence-corrected chi connectivity index (χ1v) is 25.7. The maximum absolute atomic E-state index is 13.2. The van der Waals surface area contributed by atoms with E-state index < -0.39 is 18.2 Å². The first-order chi connectivity index (χ1) is 29.0. The molecule has 0 aliphatic carbocycles. The second-order valence-electron chi connectivity index (χ2n) is 17.6. The van der Waals surface area contributed by atoms with Gasteiger partial charge in [-0.1, -0.05) is 205 Å². The molecular weight excluding hydrogens is 731 g/mol. The van der Waals surface area contributed by atoms with E-state index in [0.29, 0.717) is 19.3 Å². The standard InChI is InChI=1S/C53H99NO5/c1-4-7-10-13-16-19-22-25-26-28-29-32-35-38-41-44-49(59-53(58)46-43-40-37-34-31-24-21-18-15-12-9-6-3)47-52(57)54-50(48-55)51(56)45-42-39-36-33-30-27-23-20-17-14-11-8-5-2/h16,18-19,21,25-26,49-51,55-56H,4-15,17,20,22-24,27-48H2,1-3H3,(H,54,57)/b19-16-,21-18-,26-25-. The van der Waals surface area contributed by atoms with Gasteiger partial charge in [0.05, 0.1) is 25.2 Å². The molecule has 1 amide bonds. The van der Waals surface area contributed by atoms with Gasteiger partial charge in [0.25, 0.3) is 0 Å². The van der Waals surface area contributed by atoms with Crippen molar-refractivity contribution in [1.29, 1.82) is 0 Å². The number of aliphatic hydroxyl groups excluding tert-OH is 2. The van der Waals surface area contributed by atoms with Gasteiger partial charge in [0.2, 0.25) is 5.91 Å². The summed E-state index contributed by atoms with van der Waals surface area (Å²) < 4.78 is 5.92. The van der Waals surface area contributed by atoms with Crippen LogP contribution < -0.4 is 5.32 Å². The Hall–Kier alpha value is -1.92. The van der Waals surface area contributed by atoms with Gasteiger partial charge in [-0.05, 0) is 83.5 Å². The zero-order valence-corrected chi connectivity index (χ0v) is 39.4. The second kappa shape index (κ2) is 47.1. The van der Waals surface area contributed by atoms with Crippen LogP contribution in [-0.2, 0) is 14.3 Å². The molecule has 0 aromatic carbocycles. The average Bonchev–Trinajstić information content (AvgIpc) is 3.23. The first-order valence-electron chi connectivity index (χ1n) is 25.7. The van der Waals surface area contributed by atoms with Crippen LogP contribution in [0.3, 0.4) is 0 Å². The summed E-state index contributed by atoms with van der Waals surface area (Å²) >= 11 is 0. The molecule has 0 aliphatic heterocycles. The van der Waals surface area contributed by atoms with Crippen molar-refractivity contribution in [1.82, 2.24) is 5.32 Å². The average molecular weight is 830 g/mol. The van der Waals surface area contributed by atoms with E-state index in [1.807, 2.05) is 0 Å². The molecule has 0 fully saturated rings. The smallest absolute Gasteiger partial charge is 0.306 e. The molecule has 0 aliphatic rings. The Morgan fingerprint density at radius 2 is 0.864 bits per heavy atom. The summed E-state index contributed by atoms with van der Waals surface area (Å²) in [4.78, 5) is 26.1. The summed E-state index contributed by atoms with van der Waals surface area (Å²) in [6.07, 6.45) is 54.8. The molecule has 0 bridgehead atoms. The lowest BCUT2D eigenvalue weighted by atomic mass is 10.0. The SMILES string of the molecule is CCCCC/C=C\C/C=C\CCCCCCCC(CC(=O)NC(CO)C(O)CCCCCCCCCCCCCCC)OC(=O)CCCCCCC/C=C\CCCCC. The van der Waals surface area contributed by atoms with Crippen LogP contribution in [0.25, 0.3) is 0 Å². The summed E-state index contributed by atoms with van der Waals surface area (Å²) in [6, 6.07) is -0.705. The Balaban J connectivity index is 4.60. The summed E-state index contributed by atoms with van der Waals surface area (Å²) in [6.45, 7) is 6.44. The number of nitrogens with one attached hydrogen (secondary N) is 1. The van der Waals surface area contributed by atoms with E-state index in [1.165, 1.54) is 141 Å². The molecule has 59 heavy (non-hydrogen) atoms. The van der Waals surface area contributed by atoms with Gasteiger partial charge < -0.3 is 20.3 Å². The number of hydrogen-bond acceptors (Lipinski definition) is 5. The number of carbonyl (C=O) groups is 2. The van der Waals surface area contributed by atoms with Crippen LogP contribution in [0.15, 0.2) is 36.5 Å². The molecule has 0 spiro atoms. The van der Waals surface area contributed by atoms with Crippen molar-refractivity contribution in [2.24, 2.45) is 0 Å². The van der Waals surface area contributed by atoms with Crippen molar-refractivity contribution in [3.05, 3.63) is 36.5 Å². The van der Waals surface area contributed by atoms with E-state index in [1.54, 1.807) is 0 Å². The topological polar surface area (TPSA) is 95.9 Å². The molecule has 0 saturated carbocycles. The van der Waals surface area contributed by atoms with Crippen molar-refractivity contribution in [3.63, 3.8) is 0 Å². The van der Waals surface area contributed by atoms with Crippen LogP contribution in [0.4, 0.5) is 0 Å². The number of hydrogen-bond donors (Lipinski definition) is 3. The Bertz CT molecular complexity index is 977. The molecule has 0 rings (SSSR count). The molecule has 0 heterocycles. The summed E-state index contributed by atoms with van der Waals surface area (Å²) in [5.41, 5.74) is 0. The Labute approximate surface area is 366 Å². The molecular formula is C53H99NO5. The molecule has 3 N–H and O–H groups in total. The molecule has 3 atom stereocenters. The number of carbonyl (C=O) groups excluding carboxylic acids is 2. The minimum atomic E-state index is -0.790. The number of ether oxygens (including phenoxy) is 1. The highest BCUT2D eigenvalue weighted by Gasteiger charge is 2.24. The fourth-order valence-electron chi connectivity index (χ4n) is 7.75. The van der Waals surface area contributed by atoms with Crippen LogP contribution in [0.1, 0.15) is 265 Å². The molecule has 6 nitrogen and oxygen atoms in total. The quantitative estimate of drug-likeness (QED) is 0.0323. The number of esters is 1. The number of amides is 1. The third kappa shape index (κ3) is 42.6. The highest BCUT2D eigenvalue weighted by atomic mass is 16.5. The van der Waals surface area contributed by atoms with Crippen LogP contribution in [0.5, 0.6) is 0 Å². The number of allylic oxidation sites excluding steroid dienone is 6. The molecule has 3 unspecified atom stereocenters. The van der Waals surface area contributed by atoms with Gasteiger partial charge in [0.1, 0.15) is 6.10 Å². The van der Waals surface area contributed by atoms with Gasteiger partial charge in [-0.25, -0.2) is 0 Å². The summed E-state index contributed by atoms with van der Waals surface area (Å²) in [5.74, 6) is -0.491.